The molecule has 0 aliphatic carbocycles. The van der Waals surface area contributed by atoms with E-state index in [1.54, 1.807) is 0 Å². The van der Waals surface area contributed by atoms with Gasteiger partial charge in [-0.15, -0.1) is 0 Å². The predicted octanol–water partition coefficient (Wildman–Crippen LogP) is 4.44. The number of unbranched alkanes of at least 4 members (excludes halogenated alkanes) is 2. The topological polar surface area (TPSA) is 18.5 Å². The lowest BCUT2D eigenvalue weighted by molar-refractivity contribution is 0.0658. The summed E-state index contributed by atoms with van der Waals surface area (Å²) in [6.45, 7) is 9.88. The molecule has 0 heterocycles. The second-order valence-corrected chi connectivity index (χ2v) is 6.21. The zero-order valence-corrected chi connectivity index (χ0v) is 12.7. The van der Waals surface area contributed by atoms with Crippen LogP contribution in [-0.2, 0) is 16.1 Å². The molecule has 19 heavy (non-hydrogen) atoms. The summed E-state index contributed by atoms with van der Waals surface area (Å²) in [6, 6.07) is 10.3. The molecule has 1 rings (SSSR count). The predicted molar refractivity (Wildman–Crippen MR) is 80.2 cm³/mol. The average Bonchev–Trinajstić information content (AvgIpc) is 2.37. The van der Waals surface area contributed by atoms with E-state index in [4.69, 9.17) is 9.47 Å². The molecule has 0 aliphatic heterocycles. The van der Waals surface area contributed by atoms with Gasteiger partial charge in [-0.25, -0.2) is 0 Å². The smallest absolute Gasteiger partial charge is 0.0716 e. The van der Waals surface area contributed by atoms with Gasteiger partial charge in [-0.1, -0.05) is 51.1 Å². The van der Waals surface area contributed by atoms with Crippen LogP contribution < -0.4 is 0 Å². The third-order valence-corrected chi connectivity index (χ3v) is 2.72. The monoisotopic (exact) mass is 264 g/mol. The highest BCUT2D eigenvalue weighted by atomic mass is 16.5. The van der Waals surface area contributed by atoms with Crippen LogP contribution in [0.25, 0.3) is 0 Å². The summed E-state index contributed by atoms with van der Waals surface area (Å²) in [5.74, 6) is 0. The lowest BCUT2D eigenvalue weighted by Crippen LogP contribution is -2.15. The minimum absolute atomic E-state index is 0.277. The van der Waals surface area contributed by atoms with Gasteiger partial charge in [0.05, 0.1) is 13.2 Å². The van der Waals surface area contributed by atoms with Gasteiger partial charge in [0.2, 0.25) is 0 Å². The van der Waals surface area contributed by atoms with Crippen molar-refractivity contribution in [1.82, 2.24) is 0 Å². The zero-order chi connectivity index (χ0) is 14.0. The van der Waals surface area contributed by atoms with Crippen LogP contribution >= 0.6 is 0 Å². The maximum Gasteiger partial charge on any atom is 0.0716 e. The molecule has 1 aromatic rings. The molecule has 0 atom stereocenters. The van der Waals surface area contributed by atoms with E-state index in [1.165, 1.54) is 12.0 Å². The summed E-state index contributed by atoms with van der Waals surface area (Å²) >= 11 is 0. The van der Waals surface area contributed by atoms with Crippen molar-refractivity contribution in [1.29, 1.82) is 0 Å². The van der Waals surface area contributed by atoms with Crippen LogP contribution in [0.1, 0.15) is 45.6 Å². The Balaban J connectivity index is 1.87. The maximum atomic E-state index is 5.64. The normalized spacial score (nSPS) is 11.7. The molecule has 0 fully saturated rings. The Morgan fingerprint density at radius 2 is 1.47 bits per heavy atom. The number of ether oxygens (including phenoxy) is 2. The number of rotatable bonds is 9. The molecule has 0 amide bonds. The first-order chi connectivity index (χ1) is 9.08. The van der Waals surface area contributed by atoms with Crippen molar-refractivity contribution in [3.63, 3.8) is 0 Å². The van der Waals surface area contributed by atoms with Crippen LogP contribution in [0.15, 0.2) is 30.3 Å². The molecule has 2 heteroatoms. The van der Waals surface area contributed by atoms with Gasteiger partial charge < -0.3 is 9.47 Å². The van der Waals surface area contributed by atoms with Gasteiger partial charge in [-0.2, -0.15) is 0 Å². The summed E-state index contributed by atoms with van der Waals surface area (Å²) in [5, 5.41) is 0. The lowest BCUT2D eigenvalue weighted by atomic mass is 9.99. The SMILES string of the molecule is CC(C)(C)COCCCCCOCc1ccccc1. The fourth-order valence-corrected chi connectivity index (χ4v) is 1.73. The van der Waals surface area contributed by atoms with Gasteiger partial charge in [0.25, 0.3) is 0 Å². The lowest BCUT2D eigenvalue weighted by Gasteiger charge is -2.17. The van der Waals surface area contributed by atoms with E-state index in [0.29, 0.717) is 0 Å². The summed E-state index contributed by atoms with van der Waals surface area (Å²) in [7, 11) is 0. The van der Waals surface area contributed by atoms with Crippen molar-refractivity contribution in [2.24, 2.45) is 5.41 Å². The van der Waals surface area contributed by atoms with Gasteiger partial charge in [0.1, 0.15) is 0 Å². The highest BCUT2D eigenvalue weighted by molar-refractivity contribution is 5.13. The van der Waals surface area contributed by atoms with Gasteiger partial charge in [0, 0.05) is 13.2 Å². The molecule has 0 bridgehead atoms. The molecule has 0 spiro atoms. The molecule has 1 aromatic carbocycles. The van der Waals surface area contributed by atoms with Crippen LogP contribution in [0.5, 0.6) is 0 Å². The largest absolute Gasteiger partial charge is 0.381 e. The Hall–Kier alpha value is -0.860. The number of benzene rings is 1. The molecule has 0 saturated carbocycles. The number of hydrogen-bond acceptors (Lipinski definition) is 2. The fraction of sp³-hybridized carbons (Fsp3) is 0.647. The second kappa shape index (κ2) is 9.11. The summed E-state index contributed by atoms with van der Waals surface area (Å²) < 4.78 is 11.3. The maximum absolute atomic E-state index is 5.64. The molecule has 0 aromatic heterocycles. The minimum atomic E-state index is 0.277. The van der Waals surface area contributed by atoms with Crippen molar-refractivity contribution >= 4 is 0 Å². The molecule has 0 saturated heterocycles. The van der Waals surface area contributed by atoms with Crippen LogP contribution in [0.2, 0.25) is 0 Å². The zero-order valence-electron chi connectivity index (χ0n) is 12.7. The van der Waals surface area contributed by atoms with E-state index in [9.17, 15) is 0 Å². The Kier molecular flexibility index (Phi) is 7.76. The number of hydrogen-bond donors (Lipinski definition) is 0. The van der Waals surface area contributed by atoms with Crippen molar-refractivity contribution in [2.45, 2.75) is 46.6 Å². The third kappa shape index (κ3) is 9.69. The van der Waals surface area contributed by atoms with Crippen molar-refractivity contribution in [2.75, 3.05) is 19.8 Å². The first-order valence-electron chi connectivity index (χ1n) is 7.27. The van der Waals surface area contributed by atoms with E-state index in [1.807, 2.05) is 18.2 Å². The standard InChI is InChI=1S/C17H28O2/c1-17(2,3)15-19-13-9-5-8-12-18-14-16-10-6-4-7-11-16/h4,6-7,10-11H,5,8-9,12-15H2,1-3H3. The molecule has 0 unspecified atom stereocenters. The van der Waals surface area contributed by atoms with Crippen molar-refractivity contribution in [3.05, 3.63) is 35.9 Å². The minimum Gasteiger partial charge on any atom is -0.381 e. The van der Waals surface area contributed by atoms with Crippen molar-refractivity contribution in [3.8, 4) is 0 Å². The Morgan fingerprint density at radius 3 is 2.11 bits per heavy atom. The van der Waals surface area contributed by atoms with E-state index >= 15 is 0 Å². The van der Waals surface area contributed by atoms with Gasteiger partial charge in [-0.3, -0.25) is 0 Å². The molecule has 0 N–H and O–H groups in total. The molecule has 108 valence electrons. The molecular formula is C17H28O2. The van der Waals surface area contributed by atoms with Crippen LogP contribution in [0.4, 0.5) is 0 Å². The van der Waals surface area contributed by atoms with Gasteiger partial charge in [-0.05, 0) is 30.2 Å². The van der Waals surface area contributed by atoms with Crippen LogP contribution in [0.3, 0.4) is 0 Å². The van der Waals surface area contributed by atoms with Crippen LogP contribution in [-0.4, -0.2) is 19.8 Å². The Labute approximate surface area is 118 Å². The van der Waals surface area contributed by atoms with Crippen LogP contribution in [0, 0.1) is 5.41 Å². The molecular weight excluding hydrogens is 236 g/mol. The Bertz CT molecular complexity index is 314. The highest BCUT2D eigenvalue weighted by Gasteiger charge is 2.09. The van der Waals surface area contributed by atoms with E-state index < -0.39 is 0 Å². The van der Waals surface area contributed by atoms with E-state index in [-0.39, 0.29) is 5.41 Å². The summed E-state index contributed by atoms with van der Waals surface area (Å²) in [5.41, 5.74) is 1.52. The third-order valence-electron chi connectivity index (χ3n) is 2.72. The molecule has 0 radical (unpaired) electrons. The second-order valence-electron chi connectivity index (χ2n) is 6.21. The quantitative estimate of drug-likeness (QED) is 0.614. The first kappa shape index (κ1) is 16.2. The van der Waals surface area contributed by atoms with Crippen molar-refractivity contribution < 1.29 is 9.47 Å². The summed E-state index contributed by atoms with van der Waals surface area (Å²) in [4.78, 5) is 0. The Morgan fingerprint density at radius 1 is 0.842 bits per heavy atom. The van der Waals surface area contributed by atoms with E-state index in [0.717, 1.165) is 39.3 Å². The first-order valence-corrected chi connectivity index (χ1v) is 7.27. The summed E-state index contributed by atoms with van der Waals surface area (Å²) in [6.07, 6.45) is 3.43. The highest BCUT2D eigenvalue weighted by Crippen LogP contribution is 2.13. The van der Waals surface area contributed by atoms with Gasteiger partial charge in [0.15, 0.2) is 0 Å². The molecule has 2 nitrogen and oxygen atoms in total. The fourth-order valence-electron chi connectivity index (χ4n) is 1.73. The molecule has 0 aliphatic rings. The average molecular weight is 264 g/mol. The van der Waals surface area contributed by atoms with Gasteiger partial charge >= 0.3 is 0 Å². The van der Waals surface area contributed by atoms with E-state index in [2.05, 4.69) is 32.9 Å².